The van der Waals surface area contributed by atoms with E-state index in [1.165, 1.54) is 11.3 Å². The van der Waals surface area contributed by atoms with Gasteiger partial charge in [-0.1, -0.05) is 0 Å². The molecular formula is C9H15N3O2S. The Kier molecular flexibility index (Phi) is 4.19. The number of nitrogens with zero attached hydrogens (tertiary/aromatic N) is 2. The normalized spacial score (nSPS) is 13.1. The van der Waals surface area contributed by atoms with Crippen molar-refractivity contribution in [2.24, 2.45) is 5.73 Å². The second-order valence-corrected chi connectivity index (χ2v) is 4.31. The highest BCUT2D eigenvalue weighted by Gasteiger charge is 2.21. The number of aromatic nitrogens is 1. The summed E-state index contributed by atoms with van der Waals surface area (Å²) in [7, 11) is 1.75. The van der Waals surface area contributed by atoms with Gasteiger partial charge in [0.1, 0.15) is 6.04 Å². The van der Waals surface area contributed by atoms with Crippen LogP contribution in [0, 0.1) is 6.92 Å². The number of carboxylic acids is 1. The quantitative estimate of drug-likeness (QED) is 0.759. The molecule has 1 unspecified atom stereocenters. The maximum atomic E-state index is 10.9. The van der Waals surface area contributed by atoms with Crippen LogP contribution in [0.4, 0.5) is 0 Å². The standard InChI is InChI=1S/C9H15N3O2S/c1-6-8(15-5-11-6)4-12(2)7(3-10)9(13)14/h5,7H,3-4,10H2,1-2H3,(H,13,14). The third-order valence-electron chi connectivity index (χ3n) is 2.28. The summed E-state index contributed by atoms with van der Waals surface area (Å²) in [5, 5.41) is 8.91. The third-order valence-corrected chi connectivity index (χ3v) is 3.20. The fraction of sp³-hybridized carbons (Fsp3) is 0.556. The van der Waals surface area contributed by atoms with Crippen molar-refractivity contribution in [3.05, 3.63) is 16.1 Å². The van der Waals surface area contributed by atoms with Gasteiger partial charge in [-0.2, -0.15) is 0 Å². The average molecular weight is 229 g/mol. The molecule has 15 heavy (non-hydrogen) atoms. The zero-order chi connectivity index (χ0) is 11.4. The average Bonchev–Trinajstić information content (AvgIpc) is 2.52. The largest absolute Gasteiger partial charge is 0.480 e. The minimum Gasteiger partial charge on any atom is -0.480 e. The lowest BCUT2D eigenvalue weighted by Gasteiger charge is -2.22. The molecule has 0 saturated heterocycles. The van der Waals surface area contributed by atoms with Gasteiger partial charge in [-0.25, -0.2) is 4.98 Å². The first-order valence-electron chi connectivity index (χ1n) is 4.58. The number of hydrogen-bond donors (Lipinski definition) is 2. The second-order valence-electron chi connectivity index (χ2n) is 3.37. The first kappa shape index (κ1) is 12.1. The maximum Gasteiger partial charge on any atom is 0.322 e. The van der Waals surface area contributed by atoms with E-state index >= 15 is 0 Å². The van der Waals surface area contributed by atoms with Gasteiger partial charge in [0.15, 0.2) is 0 Å². The van der Waals surface area contributed by atoms with Gasteiger partial charge in [0.2, 0.25) is 0 Å². The number of aliphatic carboxylic acids is 1. The molecule has 6 heteroatoms. The fourth-order valence-electron chi connectivity index (χ4n) is 1.28. The van der Waals surface area contributed by atoms with Crippen molar-refractivity contribution in [3.63, 3.8) is 0 Å². The number of rotatable bonds is 5. The van der Waals surface area contributed by atoms with E-state index in [0.717, 1.165) is 10.6 Å². The molecule has 0 bridgehead atoms. The van der Waals surface area contributed by atoms with Gasteiger partial charge in [0, 0.05) is 18.0 Å². The lowest BCUT2D eigenvalue weighted by Crippen LogP contribution is -2.43. The van der Waals surface area contributed by atoms with Crippen molar-refractivity contribution in [2.75, 3.05) is 13.6 Å². The molecule has 1 heterocycles. The highest BCUT2D eigenvalue weighted by atomic mass is 32.1. The molecular weight excluding hydrogens is 214 g/mol. The Labute approximate surface area is 92.5 Å². The number of thiazole rings is 1. The fourth-order valence-corrected chi connectivity index (χ4v) is 2.12. The van der Waals surface area contributed by atoms with Crippen LogP contribution < -0.4 is 5.73 Å². The van der Waals surface area contributed by atoms with Crippen LogP contribution in [0.2, 0.25) is 0 Å². The monoisotopic (exact) mass is 229 g/mol. The third kappa shape index (κ3) is 2.98. The molecule has 0 saturated carbocycles. The van der Waals surface area contributed by atoms with Crippen molar-refractivity contribution < 1.29 is 9.90 Å². The molecule has 0 aromatic carbocycles. The van der Waals surface area contributed by atoms with Gasteiger partial charge >= 0.3 is 5.97 Å². The van der Waals surface area contributed by atoms with Gasteiger partial charge in [-0.15, -0.1) is 11.3 Å². The van der Waals surface area contributed by atoms with Gasteiger partial charge in [-0.05, 0) is 14.0 Å². The van der Waals surface area contributed by atoms with E-state index in [1.807, 2.05) is 6.92 Å². The van der Waals surface area contributed by atoms with E-state index in [1.54, 1.807) is 17.5 Å². The molecule has 3 N–H and O–H groups in total. The second kappa shape index (κ2) is 5.20. The van der Waals surface area contributed by atoms with Crippen molar-refractivity contribution >= 4 is 17.3 Å². The Morgan fingerprint density at radius 2 is 2.47 bits per heavy atom. The summed E-state index contributed by atoms with van der Waals surface area (Å²) in [6.45, 7) is 2.60. The molecule has 0 fully saturated rings. The Bertz CT molecular complexity index is 340. The maximum absolute atomic E-state index is 10.9. The lowest BCUT2D eigenvalue weighted by atomic mass is 10.2. The first-order valence-corrected chi connectivity index (χ1v) is 5.46. The molecule has 1 aromatic heterocycles. The summed E-state index contributed by atoms with van der Waals surface area (Å²) in [4.78, 5) is 17.8. The summed E-state index contributed by atoms with van der Waals surface area (Å²) in [5.74, 6) is -0.887. The smallest absolute Gasteiger partial charge is 0.322 e. The van der Waals surface area contributed by atoms with E-state index in [9.17, 15) is 4.79 Å². The van der Waals surface area contributed by atoms with Crippen LogP contribution in [0.15, 0.2) is 5.51 Å². The molecule has 0 spiro atoms. The molecule has 0 aliphatic carbocycles. The van der Waals surface area contributed by atoms with E-state index in [2.05, 4.69) is 4.98 Å². The first-order chi connectivity index (χ1) is 7.06. The van der Waals surface area contributed by atoms with Gasteiger partial charge in [0.25, 0.3) is 0 Å². The molecule has 0 radical (unpaired) electrons. The summed E-state index contributed by atoms with van der Waals surface area (Å²) < 4.78 is 0. The summed E-state index contributed by atoms with van der Waals surface area (Å²) >= 11 is 1.53. The van der Waals surface area contributed by atoms with E-state index in [-0.39, 0.29) is 6.54 Å². The van der Waals surface area contributed by atoms with Crippen LogP contribution in [-0.4, -0.2) is 40.6 Å². The van der Waals surface area contributed by atoms with Crippen molar-refractivity contribution in [3.8, 4) is 0 Å². The highest BCUT2D eigenvalue weighted by molar-refractivity contribution is 7.09. The minimum absolute atomic E-state index is 0.115. The Hall–Kier alpha value is -0.980. The molecule has 1 atom stereocenters. The summed E-state index contributed by atoms with van der Waals surface area (Å²) in [6, 6.07) is -0.633. The van der Waals surface area contributed by atoms with Gasteiger partial charge < -0.3 is 10.8 Å². The zero-order valence-corrected chi connectivity index (χ0v) is 9.62. The molecule has 0 amide bonds. The molecule has 1 aromatic rings. The summed E-state index contributed by atoms with van der Waals surface area (Å²) in [6.07, 6.45) is 0. The van der Waals surface area contributed by atoms with Crippen LogP contribution in [0.25, 0.3) is 0 Å². The van der Waals surface area contributed by atoms with Crippen molar-refractivity contribution in [1.29, 1.82) is 0 Å². The number of carboxylic acid groups (broad SMARTS) is 1. The van der Waals surface area contributed by atoms with E-state index in [4.69, 9.17) is 10.8 Å². The molecule has 0 aliphatic rings. The number of aryl methyl sites for hydroxylation is 1. The number of hydrogen-bond acceptors (Lipinski definition) is 5. The Morgan fingerprint density at radius 3 is 2.87 bits per heavy atom. The predicted molar refractivity (Wildman–Crippen MR) is 58.8 cm³/mol. The SMILES string of the molecule is Cc1ncsc1CN(C)C(CN)C(=O)O. The number of likely N-dealkylation sites (N-methyl/N-ethyl adjacent to an activating group) is 1. The Morgan fingerprint density at radius 1 is 1.80 bits per heavy atom. The van der Waals surface area contributed by atoms with Crippen molar-refractivity contribution in [2.45, 2.75) is 19.5 Å². The van der Waals surface area contributed by atoms with Gasteiger partial charge in [0.05, 0.1) is 11.2 Å². The minimum atomic E-state index is -0.887. The predicted octanol–water partition coefficient (Wildman–Crippen LogP) is 0.295. The van der Waals surface area contributed by atoms with Crippen LogP contribution in [0.5, 0.6) is 0 Å². The van der Waals surface area contributed by atoms with Crippen molar-refractivity contribution in [1.82, 2.24) is 9.88 Å². The summed E-state index contributed by atoms with van der Waals surface area (Å²) in [5.41, 5.74) is 8.12. The number of carbonyl (C=O) groups is 1. The van der Waals surface area contributed by atoms with Gasteiger partial charge in [-0.3, -0.25) is 9.69 Å². The molecule has 1 rings (SSSR count). The van der Waals surface area contributed by atoms with E-state index < -0.39 is 12.0 Å². The highest BCUT2D eigenvalue weighted by Crippen LogP contribution is 2.15. The topological polar surface area (TPSA) is 79.5 Å². The zero-order valence-electron chi connectivity index (χ0n) is 8.80. The van der Waals surface area contributed by atoms with Crippen LogP contribution in [-0.2, 0) is 11.3 Å². The molecule has 5 nitrogen and oxygen atoms in total. The Balaban J connectivity index is 2.66. The van der Waals surface area contributed by atoms with Crippen LogP contribution in [0.1, 0.15) is 10.6 Å². The molecule has 84 valence electrons. The van der Waals surface area contributed by atoms with E-state index in [0.29, 0.717) is 6.54 Å². The number of nitrogens with two attached hydrogens (primary N) is 1. The lowest BCUT2D eigenvalue weighted by molar-refractivity contribution is -0.142. The van der Waals surface area contributed by atoms with Crippen LogP contribution in [0.3, 0.4) is 0 Å². The molecule has 0 aliphatic heterocycles. The van der Waals surface area contributed by atoms with Crippen LogP contribution >= 0.6 is 11.3 Å².